The van der Waals surface area contributed by atoms with Gasteiger partial charge in [0.15, 0.2) is 0 Å². The average molecular weight is 236 g/mol. The minimum Gasteiger partial charge on any atom is -0.393 e. The van der Waals surface area contributed by atoms with Crippen LogP contribution in [0.2, 0.25) is 0 Å². The van der Waals surface area contributed by atoms with Gasteiger partial charge in [0.2, 0.25) is 0 Å². The van der Waals surface area contributed by atoms with Crippen LogP contribution in [-0.4, -0.2) is 11.2 Å². The van der Waals surface area contributed by atoms with E-state index in [-0.39, 0.29) is 18.4 Å². The molecule has 0 saturated carbocycles. The summed E-state index contributed by atoms with van der Waals surface area (Å²) in [5.41, 5.74) is -1.27. The van der Waals surface area contributed by atoms with Crippen LogP contribution < -0.4 is 0 Å². The lowest BCUT2D eigenvalue weighted by molar-refractivity contribution is -0.140. The van der Waals surface area contributed by atoms with Crippen molar-refractivity contribution < 1.29 is 22.7 Å². The summed E-state index contributed by atoms with van der Waals surface area (Å²) in [5.74, 6) is -1.24. The predicted molar refractivity (Wildman–Crippen MR) is 51.4 cm³/mol. The van der Waals surface area contributed by atoms with Crippen LogP contribution in [0, 0.1) is 5.82 Å². The number of hydrogen-bond donors (Lipinski definition) is 1. The lowest BCUT2D eigenvalue weighted by Crippen LogP contribution is -2.11. The number of aliphatic hydroxyl groups excluding tert-OH is 1. The quantitative estimate of drug-likeness (QED) is 0.799. The third kappa shape index (κ3) is 3.20. The topological polar surface area (TPSA) is 20.2 Å². The van der Waals surface area contributed by atoms with E-state index in [1.54, 1.807) is 0 Å². The third-order valence-electron chi connectivity index (χ3n) is 2.22. The minimum atomic E-state index is -4.68. The van der Waals surface area contributed by atoms with Crippen molar-refractivity contribution in [2.24, 2.45) is 0 Å². The Labute approximate surface area is 90.7 Å². The molecule has 1 aromatic carbocycles. The Balaban J connectivity index is 2.96. The summed E-state index contributed by atoms with van der Waals surface area (Å²) in [4.78, 5) is 0. The molecular weight excluding hydrogens is 224 g/mol. The largest absolute Gasteiger partial charge is 0.419 e. The molecule has 0 fully saturated rings. The predicted octanol–water partition coefficient (Wildman–Crippen LogP) is 3.16. The van der Waals surface area contributed by atoms with E-state index in [2.05, 4.69) is 0 Å². The Hall–Kier alpha value is -1.10. The fraction of sp³-hybridized carbons (Fsp3) is 0.455. The molecule has 0 aliphatic carbocycles. The first-order valence-corrected chi connectivity index (χ1v) is 4.85. The summed E-state index contributed by atoms with van der Waals surface area (Å²) < 4.78 is 50.4. The van der Waals surface area contributed by atoms with Crippen molar-refractivity contribution in [1.82, 2.24) is 0 Å². The first kappa shape index (κ1) is 13.0. The lowest BCUT2D eigenvalue weighted by Gasteiger charge is -2.11. The van der Waals surface area contributed by atoms with E-state index in [4.69, 9.17) is 5.11 Å². The first-order chi connectivity index (χ1) is 7.32. The van der Waals surface area contributed by atoms with Gasteiger partial charge in [0.1, 0.15) is 5.82 Å². The normalized spacial score (nSPS) is 13.9. The Morgan fingerprint density at radius 2 is 1.94 bits per heavy atom. The highest BCUT2D eigenvalue weighted by Crippen LogP contribution is 2.32. The van der Waals surface area contributed by atoms with Crippen molar-refractivity contribution in [2.75, 3.05) is 0 Å². The van der Waals surface area contributed by atoms with Crippen molar-refractivity contribution in [3.63, 3.8) is 0 Å². The number of halogens is 4. The van der Waals surface area contributed by atoms with Crippen molar-refractivity contribution >= 4 is 0 Å². The maximum Gasteiger partial charge on any atom is 0.419 e. The molecule has 0 amide bonds. The molecule has 5 heteroatoms. The van der Waals surface area contributed by atoms with Crippen molar-refractivity contribution in [1.29, 1.82) is 0 Å². The van der Waals surface area contributed by atoms with Gasteiger partial charge in [0.25, 0.3) is 0 Å². The summed E-state index contributed by atoms with van der Waals surface area (Å²) in [5, 5.41) is 8.99. The summed E-state index contributed by atoms with van der Waals surface area (Å²) in [6, 6.07) is 3.18. The van der Waals surface area contributed by atoms with Crippen LogP contribution >= 0.6 is 0 Å². The highest BCUT2D eigenvalue weighted by molar-refractivity contribution is 5.28. The van der Waals surface area contributed by atoms with E-state index in [9.17, 15) is 17.6 Å². The Morgan fingerprint density at radius 3 is 2.44 bits per heavy atom. The average Bonchev–Trinajstić information content (AvgIpc) is 2.14. The van der Waals surface area contributed by atoms with Crippen molar-refractivity contribution in [2.45, 2.75) is 32.0 Å². The van der Waals surface area contributed by atoms with Crippen LogP contribution in [0.5, 0.6) is 0 Å². The highest BCUT2D eigenvalue weighted by atomic mass is 19.4. The summed E-state index contributed by atoms with van der Waals surface area (Å²) in [7, 11) is 0. The molecular formula is C11H12F4O. The molecule has 0 unspecified atom stereocenters. The first-order valence-electron chi connectivity index (χ1n) is 4.85. The molecule has 1 rings (SSSR count). The van der Waals surface area contributed by atoms with Crippen LogP contribution in [0.4, 0.5) is 17.6 Å². The molecule has 0 bridgehead atoms. The molecule has 1 aromatic rings. The van der Waals surface area contributed by atoms with E-state index >= 15 is 0 Å². The second-order valence-electron chi connectivity index (χ2n) is 3.66. The second-order valence-corrected chi connectivity index (χ2v) is 3.66. The van der Waals surface area contributed by atoms with Gasteiger partial charge in [0, 0.05) is 0 Å². The summed E-state index contributed by atoms with van der Waals surface area (Å²) in [6.07, 6.45) is -5.01. The van der Waals surface area contributed by atoms with Gasteiger partial charge >= 0.3 is 6.18 Å². The zero-order valence-corrected chi connectivity index (χ0v) is 8.68. The molecule has 0 radical (unpaired) electrons. The van der Waals surface area contributed by atoms with Crippen molar-refractivity contribution in [3.8, 4) is 0 Å². The number of hydrogen-bond acceptors (Lipinski definition) is 1. The highest BCUT2D eigenvalue weighted by Gasteiger charge is 2.34. The van der Waals surface area contributed by atoms with Crippen LogP contribution in [0.1, 0.15) is 24.5 Å². The van der Waals surface area contributed by atoms with Gasteiger partial charge in [-0.15, -0.1) is 0 Å². The summed E-state index contributed by atoms with van der Waals surface area (Å²) in [6.45, 7) is 1.51. The van der Waals surface area contributed by atoms with Crippen molar-refractivity contribution in [3.05, 3.63) is 35.1 Å². The maximum absolute atomic E-state index is 13.4. The molecule has 0 saturated heterocycles. The third-order valence-corrected chi connectivity index (χ3v) is 2.22. The zero-order valence-electron chi connectivity index (χ0n) is 8.68. The molecule has 1 atom stereocenters. The lowest BCUT2D eigenvalue weighted by atomic mass is 10.0. The minimum absolute atomic E-state index is 0.0178. The van der Waals surface area contributed by atoms with E-state index < -0.39 is 23.7 Å². The molecule has 1 N–H and O–H groups in total. The SMILES string of the molecule is C[C@@H](O)CCc1cccc(C(F)(F)F)c1F. The molecule has 0 aliphatic heterocycles. The number of benzene rings is 1. The second kappa shape index (κ2) is 4.82. The van der Waals surface area contributed by atoms with Gasteiger partial charge < -0.3 is 5.11 Å². The molecule has 0 spiro atoms. The Kier molecular flexibility index (Phi) is 3.91. The summed E-state index contributed by atoms with van der Waals surface area (Å²) >= 11 is 0. The van der Waals surface area contributed by atoms with Crippen LogP contribution in [0.15, 0.2) is 18.2 Å². The zero-order chi connectivity index (χ0) is 12.3. The number of aryl methyl sites for hydroxylation is 1. The fourth-order valence-corrected chi connectivity index (χ4v) is 1.36. The van der Waals surface area contributed by atoms with Crippen LogP contribution in [-0.2, 0) is 12.6 Å². The number of rotatable bonds is 3. The fourth-order valence-electron chi connectivity index (χ4n) is 1.36. The monoisotopic (exact) mass is 236 g/mol. The molecule has 0 heterocycles. The van der Waals surface area contributed by atoms with Gasteiger partial charge in [-0.05, 0) is 31.4 Å². The van der Waals surface area contributed by atoms with E-state index in [1.807, 2.05) is 0 Å². The smallest absolute Gasteiger partial charge is 0.393 e. The van der Waals surface area contributed by atoms with Gasteiger partial charge in [-0.3, -0.25) is 0 Å². The Morgan fingerprint density at radius 1 is 1.31 bits per heavy atom. The van der Waals surface area contributed by atoms with E-state index in [0.29, 0.717) is 6.07 Å². The standard InChI is InChI=1S/C11H12F4O/c1-7(16)5-6-8-3-2-4-9(10(8)12)11(13,14)15/h2-4,7,16H,5-6H2,1H3/t7-/m1/s1. The molecule has 0 aliphatic rings. The maximum atomic E-state index is 13.4. The van der Waals surface area contributed by atoms with Gasteiger partial charge in [-0.2, -0.15) is 13.2 Å². The van der Waals surface area contributed by atoms with Crippen LogP contribution in [0.25, 0.3) is 0 Å². The van der Waals surface area contributed by atoms with Crippen LogP contribution in [0.3, 0.4) is 0 Å². The van der Waals surface area contributed by atoms with E-state index in [1.165, 1.54) is 19.1 Å². The van der Waals surface area contributed by atoms with Gasteiger partial charge in [-0.25, -0.2) is 4.39 Å². The molecule has 16 heavy (non-hydrogen) atoms. The van der Waals surface area contributed by atoms with E-state index in [0.717, 1.165) is 0 Å². The number of aliphatic hydroxyl groups is 1. The van der Waals surface area contributed by atoms with Gasteiger partial charge in [-0.1, -0.05) is 12.1 Å². The van der Waals surface area contributed by atoms with Gasteiger partial charge in [0.05, 0.1) is 11.7 Å². The number of alkyl halides is 3. The molecule has 1 nitrogen and oxygen atoms in total. The molecule has 90 valence electrons. The Bertz CT molecular complexity index is 357. The molecule has 0 aromatic heterocycles.